The van der Waals surface area contributed by atoms with Crippen molar-refractivity contribution in [1.29, 1.82) is 0 Å². The summed E-state index contributed by atoms with van der Waals surface area (Å²) >= 11 is 0. The maximum Gasteiger partial charge on any atom is 0.306 e. The molecule has 3 nitrogen and oxygen atoms in total. The van der Waals surface area contributed by atoms with Crippen molar-refractivity contribution in [2.75, 3.05) is 6.61 Å². The Morgan fingerprint density at radius 1 is 1.21 bits per heavy atom. The van der Waals surface area contributed by atoms with Crippen molar-refractivity contribution in [2.45, 2.75) is 57.5 Å². The molecule has 1 N–H and O–H groups in total. The molecule has 0 unspecified atom stereocenters. The topological polar surface area (TPSA) is 46.5 Å². The third kappa shape index (κ3) is 4.61. The molecule has 1 saturated carbocycles. The number of carbonyl (C=O) groups is 1. The van der Waals surface area contributed by atoms with Gasteiger partial charge in [-0.1, -0.05) is 6.42 Å². The van der Waals surface area contributed by atoms with Crippen LogP contribution in [0, 0.1) is 0 Å². The minimum absolute atomic E-state index is 0.0923. The second kappa shape index (κ2) is 6.82. The highest BCUT2D eigenvalue weighted by Gasteiger charge is 2.16. The van der Waals surface area contributed by atoms with Gasteiger partial charge >= 0.3 is 5.97 Å². The third-order valence-electron chi connectivity index (χ3n) is 2.64. The lowest BCUT2D eigenvalue weighted by Gasteiger charge is -2.21. The molecule has 0 radical (unpaired) electrons. The second-order valence-corrected chi connectivity index (χ2v) is 3.93. The molecule has 0 atom stereocenters. The number of hydrogen-bond acceptors (Lipinski definition) is 3. The lowest BCUT2D eigenvalue weighted by atomic mass is 9.98. The summed E-state index contributed by atoms with van der Waals surface area (Å²) in [5.74, 6) is -0.0923. The van der Waals surface area contributed by atoms with Gasteiger partial charge in [0.25, 0.3) is 0 Å². The standard InChI is InChI=1S/C11H20O3/c12-9-5-4-8-11(13)14-10-6-2-1-3-7-10/h10,12H,1-9H2. The van der Waals surface area contributed by atoms with Gasteiger partial charge in [0.1, 0.15) is 6.10 Å². The van der Waals surface area contributed by atoms with Crippen molar-refractivity contribution in [3.63, 3.8) is 0 Å². The van der Waals surface area contributed by atoms with Crippen molar-refractivity contribution in [3.05, 3.63) is 0 Å². The maximum atomic E-state index is 11.3. The van der Waals surface area contributed by atoms with Crippen LogP contribution in [0.15, 0.2) is 0 Å². The molecule has 1 aliphatic rings. The molecule has 0 amide bonds. The number of rotatable bonds is 5. The first-order valence-electron chi connectivity index (χ1n) is 5.63. The lowest BCUT2D eigenvalue weighted by molar-refractivity contribution is -0.150. The highest BCUT2D eigenvalue weighted by Crippen LogP contribution is 2.20. The molecule has 82 valence electrons. The van der Waals surface area contributed by atoms with Gasteiger partial charge in [0.15, 0.2) is 0 Å². The van der Waals surface area contributed by atoms with E-state index in [1.54, 1.807) is 0 Å². The summed E-state index contributed by atoms with van der Waals surface area (Å²) in [6.45, 7) is 0.163. The van der Waals surface area contributed by atoms with Crippen molar-refractivity contribution in [1.82, 2.24) is 0 Å². The van der Waals surface area contributed by atoms with Crippen LogP contribution in [0.25, 0.3) is 0 Å². The number of carbonyl (C=O) groups excluding carboxylic acids is 1. The number of unbranched alkanes of at least 4 members (excludes halogenated alkanes) is 1. The van der Waals surface area contributed by atoms with Crippen molar-refractivity contribution in [2.24, 2.45) is 0 Å². The summed E-state index contributed by atoms with van der Waals surface area (Å²) < 4.78 is 5.32. The number of aliphatic hydroxyl groups is 1. The van der Waals surface area contributed by atoms with Crippen molar-refractivity contribution >= 4 is 5.97 Å². The molecular formula is C11H20O3. The Bertz CT molecular complexity index is 162. The Hall–Kier alpha value is -0.570. The Labute approximate surface area is 85.5 Å². The zero-order chi connectivity index (χ0) is 10.2. The van der Waals surface area contributed by atoms with E-state index in [9.17, 15) is 4.79 Å². The van der Waals surface area contributed by atoms with E-state index in [1.807, 2.05) is 0 Å². The van der Waals surface area contributed by atoms with Crippen molar-refractivity contribution < 1.29 is 14.6 Å². The number of esters is 1. The molecule has 0 heterocycles. The predicted molar refractivity (Wildman–Crippen MR) is 53.9 cm³/mol. The average molecular weight is 200 g/mol. The fourth-order valence-corrected chi connectivity index (χ4v) is 1.81. The highest BCUT2D eigenvalue weighted by atomic mass is 16.5. The molecule has 0 aliphatic heterocycles. The van der Waals surface area contributed by atoms with E-state index in [4.69, 9.17) is 9.84 Å². The Morgan fingerprint density at radius 3 is 2.57 bits per heavy atom. The van der Waals surface area contributed by atoms with Gasteiger partial charge < -0.3 is 9.84 Å². The molecular weight excluding hydrogens is 180 g/mol. The maximum absolute atomic E-state index is 11.3. The molecule has 0 aromatic heterocycles. The van der Waals surface area contributed by atoms with Crippen LogP contribution in [0.5, 0.6) is 0 Å². The lowest BCUT2D eigenvalue weighted by Crippen LogP contribution is -2.20. The van der Waals surface area contributed by atoms with Crippen LogP contribution in [0.3, 0.4) is 0 Å². The Kier molecular flexibility index (Phi) is 5.60. The molecule has 3 heteroatoms. The summed E-state index contributed by atoms with van der Waals surface area (Å²) in [7, 11) is 0. The Balaban J connectivity index is 2.06. The smallest absolute Gasteiger partial charge is 0.306 e. The second-order valence-electron chi connectivity index (χ2n) is 3.93. The Morgan fingerprint density at radius 2 is 1.93 bits per heavy atom. The predicted octanol–water partition coefficient (Wildman–Crippen LogP) is 2.02. The normalized spacial score (nSPS) is 18.1. The molecule has 0 saturated heterocycles. The molecule has 1 aliphatic carbocycles. The van der Waals surface area contributed by atoms with E-state index in [2.05, 4.69) is 0 Å². The van der Waals surface area contributed by atoms with Gasteiger partial charge in [-0.15, -0.1) is 0 Å². The van der Waals surface area contributed by atoms with Crippen LogP contribution in [0.2, 0.25) is 0 Å². The molecule has 1 rings (SSSR count). The zero-order valence-electron chi connectivity index (χ0n) is 8.71. The molecule has 0 aromatic carbocycles. The van der Waals surface area contributed by atoms with Gasteiger partial charge in [0, 0.05) is 13.0 Å². The minimum atomic E-state index is -0.0923. The van der Waals surface area contributed by atoms with Crippen LogP contribution in [-0.2, 0) is 9.53 Å². The van der Waals surface area contributed by atoms with E-state index >= 15 is 0 Å². The van der Waals surface area contributed by atoms with Crippen LogP contribution < -0.4 is 0 Å². The fourth-order valence-electron chi connectivity index (χ4n) is 1.81. The average Bonchev–Trinajstić information content (AvgIpc) is 2.20. The SMILES string of the molecule is O=C(CCCCO)OC1CCCCC1. The summed E-state index contributed by atoms with van der Waals surface area (Å²) in [6.07, 6.45) is 7.78. The van der Waals surface area contributed by atoms with E-state index in [0.717, 1.165) is 19.3 Å². The quantitative estimate of drug-likeness (QED) is 0.545. The fraction of sp³-hybridized carbons (Fsp3) is 0.909. The molecule has 1 fully saturated rings. The molecule has 0 spiro atoms. The first-order valence-corrected chi connectivity index (χ1v) is 5.63. The largest absolute Gasteiger partial charge is 0.462 e. The first kappa shape index (κ1) is 11.5. The van der Waals surface area contributed by atoms with Gasteiger partial charge in [0.05, 0.1) is 0 Å². The summed E-state index contributed by atoms with van der Waals surface area (Å²) in [5, 5.41) is 8.55. The van der Waals surface area contributed by atoms with Gasteiger partial charge in [-0.05, 0) is 38.5 Å². The molecule has 0 aromatic rings. The zero-order valence-corrected chi connectivity index (χ0v) is 8.71. The van der Waals surface area contributed by atoms with Gasteiger partial charge in [-0.25, -0.2) is 0 Å². The van der Waals surface area contributed by atoms with Crippen LogP contribution in [0.1, 0.15) is 51.4 Å². The number of aliphatic hydroxyl groups excluding tert-OH is 1. The molecule has 0 bridgehead atoms. The van der Waals surface area contributed by atoms with Crippen LogP contribution >= 0.6 is 0 Å². The highest BCUT2D eigenvalue weighted by molar-refractivity contribution is 5.69. The number of ether oxygens (including phenoxy) is 1. The first-order chi connectivity index (χ1) is 6.83. The van der Waals surface area contributed by atoms with Gasteiger partial charge in [0.2, 0.25) is 0 Å². The van der Waals surface area contributed by atoms with E-state index in [0.29, 0.717) is 12.8 Å². The van der Waals surface area contributed by atoms with E-state index < -0.39 is 0 Å². The minimum Gasteiger partial charge on any atom is -0.462 e. The third-order valence-corrected chi connectivity index (χ3v) is 2.64. The van der Waals surface area contributed by atoms with Gasteiger partial charge in [-0.2, -0.15) is 0 Å². The van der Waals surface area contributed by atoms with Crippen LogP contribution in [-0.4, -0.2) is 23.8 Å². The van der Waals surface area contributed by atoms with Crippen LogP contribution in [0.4, 0.5) is 0 Å². The van der Waals surface area contributed by atoms with Crippen molar-refractivity contribution in [3.8, 4) is 0 Å². The summed E-state index contributed by atoms with van der Waals surface area (Å²) in [6, 6.07) is 0. The summed E-state index contributed by atoms with van der Waals surface area (Å²) in [4.78, 5) is 11.3. The van der Waals surface area contributed by atoms with Gasteiger partial charge in [-0.3, -0.25) is 4.79 Å². The summed E-state index contributed by atoms with van der Waals surface area (Å²) in [5.41, 5.74) is 0. The number of hydrogen-bond donors (Lipinski definition) is 1. The monoisotopic (exact) mass is 200 g/mol. The molecule has 14 heavy (non-hydrogen) atoms. The van der Waals surface area contributed by atoms with E-state index in [1.165, 1.54) is 19.3 Å². The van der Waals surface area contributed by atoms with E-state index in [-0.39, 0.29) is 18.7 Å².